The first-order valence-electron chi connectivity index (χ1n) is 12.2. The Balaban J connectivity index is 1.68. The molecule has 8 nitrogen and oxygen atoms in total. The first-order chi connectivity index (χ1) is 17.9. The summed E-state index contributed by atoms with van der Waals surface area (Å²) in [6, 6.07) is 9.61. The van der Waals surface area contributed by atoms with E-state index in [2.05, 4.69) is 23.8 Å². The molecule has 3 heterocycles. The Labute approximate surface area is 212 Å². The van der Waals surface area contributed by atoms with E-state index in [1.807, 2.05) is 6.92 Å². The molecule has 1 aliphatic rings. The van der Waals surface area contributed by atoms with Gasteiger partial charge in [0.15, 0.2) is 16.9 Å². The normalized spacial score (nSPS) is 14.9. The van der Waals surface area contributed by atoms with E-state index in [-0.39, 0.29) is 28.2 Å². The Morgan fingerprint density at radius 1 is 1.05 bits per heavy atom. The van der Waals surface area contributed by atoms with Crippen molar-refractivity contribution in [3.05, 3.63) is 87.8 Å². The molecule has 2 aromatic carbocycles. The molecule has 0 saturated carbocycles. The number of carbonyl (C=O) groups excluding carboxylic acids is 1. The number of benzene rings is 2. The zero-order valence-corrected chi connectivity index (χ0v) is 20.7. The Bertz CT molecular complexity index is 1520. The van der Waals surface area contributed by atoms with Crippen LogP contribution in [-0.4, -0.2) is 29.1 Å². The Hall–Kier alpha value is -4.27. The first-order valence-corrected chi connectivity index (χ1v) is 12.2. The molecule has 37 heavy (non-hydrogen) atoms. The second-order valence-corrected chi connectivity index (χ2v) is 9.11. The van der Waals surface area contributed by atoms with E-state index in [1.165, 1.54) is 29.4 Å². The molecule has 0 saturated heterocycles. The van der Waals surface area contributed by atoms with Crippen LogP contribution in [0.25, 0.3) is 11.0 Å². The Kier molecular flexibility index (Phi) is 6.60. The van der Waals surface area contributed by atoms with Crippen LogP contribution in [0, 0.1) is 11.7 Å². The molecule has 0 fully saturated rings. The lowest BCUT2D eigenvalue weighted by atomic mass is 9.98. The summed E-state index contributed by atoms with van der Waals surface area (Å²) in [5.41, 5.74) is 0.286. The summed E-state index contributed by atoms with van der Waals surface area (Å²) in [5, 5.41) is 0.0473. The first kappa shape index (κ1) is 24.4. The highest BCUT2D eigenvalue weighted by Crippen LogP contribution is 2.42. The SMILES string of the molecule is CCOc1cc(C2c3c(oc4ccc(F)cc4c3=O)C(=O)N2c2ncccn2)ccc1OCCC(C)C. The van der Waals surface area contributed by atoms with Gasteiger partial charge in [-0.05, 0) is 61.2 Å². The van der Waals surface area contributed by atoms with E-state index in [1.54, 1.807) is 24.3 Å². The van der Waals surface area contributed by atoms with Crippen LogP contribution in [0.4, 0.5) is 10.3 Å². The molecule has 9 heteroatoms. The topological polar surface area (TPSA) is 94.8 Å². The van der Waals surface area contributed by atoms with Gasteiger partial charge in [-0.15, -0.1) is 0 Å². The predicted molar refractivity (Wildman–Crippen MR) is 136 cm³/mol. The predicted octanol–water partition coefficient (Wildman–Crippen LogP) is 5.30. The van der Waals surface area contributed by atoms with Gasteiger partial charge in [0.25, 0.3) is 5.91 Å². The summed E-state index contributed by atoms with van der Waals surface area (Å²) in [4.78, 5) is 37.1. The summed E-state index contributed by atoms with van der Waals surface area (Å²) in [5.74, 6) is 0.357. The van der Waals surface area contributed by atoms with Crippen molar-refractivity contribution in [3.8, 4) is 11.5 Å². The Morgan fingerprint density at radius 3 is 2.57 bits per heavy atom. The van der Waals surface area contributed by atoms with Crippen LogP contribution in [0.15, 0.2) is 64.1 Å². The summed E-state index contributed by atoms with van der Waals surface area (Å²) < 4.78 is 31.7. The van der Waals surface area contributed by atoms with Crippen LogP contribution >= 0.6 is 0 Å². The number of aromatic nitrogens is 2. The van der Waals surface area contributed by atoms with E-state index in [4.69, 9.17) is 13.9 Å². The van der Waals surface area contributed by atoms with E-state index in [9.17, 15) is 14.0 Å². The minimum absolute atomic E-state index is 0.0473. The summed E-state index contributed by atoms with van der Waals surface area (Å²) >= 11 is 0. The van der Waals surface area contributed by atoms with Crippen LogP contribution in [0.3, 0.4) is 0 Å². The van der Waals surface area contributed by atoms with Gasteiger partial charge in [0, 0.05) is 12.4 Å². The average Bonchev–Trinajstić information content (AvgIpc) is 3.18. The maximum atomic E-state index is 14.0. The lowest BCUT2D eigenvalue weighted by molar-refractivity contribution is 0.0969. The molecule has 0 radical (unpaired) electrons. The maximum Gasteiger partial charge on any atom is 0.297 e. The summed E-state index contributed by atoms with van der Waals surface area (Å²) in [6.45, 7) is 7.00. The molecule has 0 N–H and O–H groups in total. The van der Waals surface area contributed by atoms with Crippen molar-refractivity contribution in [2.24, 2.45) is 5.92 Å². The van der Waals surface area contributed by atoms with E-state index >= 15 is 0 Å². The number of halogens is 1. The van der Waals surface area contributed by atoms with Crippen molar-refractivity contribution in [3.63, 3.8) is 0 Å². The zero-order valence-electron chi connectivity index (χ0n) is 20.7. The van der Waals surface area contributed by atoms with Gasteiger partial charge in [0.2, 0.25) is 11.7 Å². The highest BCUT2D eigenvalue weighted by Gasteiger charge is 2.45. The molecular formula is C28H26FN3O5. The lowest BCUT2D eigenvalue weighted by Crippen LogP contribution is -2.31. The van der Waals surface area contributed by atoms with Crippen LogP contribution in [0.1, 0.15) is 54.9 Å². The van der Waals surface area contributed by atoms with Crippen LogP contribution in [0.2, 0.25) is 0 Å². The minimum Gasteiger partial charge on any atom is -0.490 e. The van der Waals surface area contributed by atoms with Gasteiger partial charge in [-0.1, -0.05) is 19.9 Å². The number of hydrogen-bond donors (Lipinski definition) is 0. The average molecular weight is 504 g/mol. The van der Waals surface area contributed by atoms with Crippen molar-refractivity contribution in [2.75, 3.05) is 18.1 Å². The Morgan fingerprint density at radius 2 is 1.84 bits per heavy atom. The number of nitrogens with zero attached hydrogens (tertiary/aromatic N) is 3. The molecule has 2 aromatic heterocycles. The molecule has 5 rings (SSSR count). The molecule has 190 valence electrons. The maximum absolute atomic E-state index is 14.0. The molecule has 0 bridgehead atoms. The van der Waals surface area contributed by atoms with Crippen molar-refractivity contribution in [2.45, 2.75) is 33.2 Å². The van der Waals surface area contributed by atoms with Crippen molar-refractivity contribution < 1.29 is 23.1 Å². The highest BCUT2D eigenvalue weighted by molar-refractivity contribution is 6.09. The van der Waals surface area contributed by atoms with E-state index in [0.29, 0.717) is 36.2 Å². The standard InChI is InChI=1S/C28H26FN3O5/c1-4-35-22-14-17(6-8-21(22)36-13-10-16(2)3)24-23-25(33)19-15-18(29)7-9-20(19)37-26(23)27(34)32(24)28-30-11-5-12-31-28/h5-9,11-12,14-16,24H,4,10,13H2,1-3H3. The fourth-order valence-electron chi connectivity index (χ4n) is 4.37. The molecule has 0 aliphatic carbocycles. The van der Waals surface area contributed by atoms with Gasteiger partial charge >= 0.3 is 0 Å². The molecule has 1 unspecified atom stereocenters. The largest absolute Gasteiger partial charge is 0.490 e. The zero-order chi connectivity index (χ0) is 26.1. The van der Waals surface area contributed by atoms with Crippen molar-refractivity contribution in [1.82, 2.24) is 9.97 Å². The number of anilines is 1. The van der Waals surface area contributed by atoms with E-state index in [0.717, 1.165) is 12.5 Å². The number of hydrogen-bond acceptors (Lipinski definition) is 7. The second kappa shape index (κ2) is 10.0. The minimum atomic E-state index is -0.919. The van der Waals surface area contributed by atoms with Gasteiger partial charge in [0.05, 0.1) is 30.2 Å². The number of ether oxygens (including phenoxy) is 2. The number of carbonyl (C=O) groups is 1. The van der Waals surface area contributed by atoms with E-state index < -0.39 is 23.2 Å². The van der Waals surface area contributed by atoms with Crippen LogP contribution < -0.4 is 19.8 Å². The molecule has 1 amide bonds. The lowest BCUT2D eigenvalue weighted by Gasteiger charge is -2.24. The third-order valence-electron chi connectivity index (χ3n) is 6.14. The molecule has 1 atom stereocenters. The highest BCUT2D eigenvalue weighted by atomic mass is 19.1. The summed E-state index contributed by atoms with van der Waals surface area (Å²) in [6.07, 6.45) is 3.89. The third kappa shape index (κ3) is 4.52. The molecule has 4 aromatic rings. The number of amides is 1. The van der Waals surface area contributed by atoms with Crippen LogP contribution in [0.5, 0.6) is 11.5 Å². The third-order valence-corrected chi connectivity index (χ3v) is 6.14. The molecule has 0 spiro atoms. The monoisotopic (exact) mass is 503 g/mol. The van der Waals surface area contributed by atoms with Gasteiger partial charge in [-0.25, -0.2) is 14.4 Å². The fraction of sp³-hybridized carbons (Fsp3) is 0.286. The van der Waals surface area contributed by atoms with Gasteiger partial charge in [-0.3, -0.25) is 14.5 Å². The number of rotatable bonds is 8. The smallest absolute Gasteiger partial charge is 0.297 e. The quantitative estimate of drug-likeness (QED) is 0.322. The summed E-state index contributed by atoms with van der Waals surface area (Å²) in [7, 11) is 0. The molecular weight excluding hydrogens is 477 g/mol. The molecule has 1 aliphatic heterocycles. The van der Waals surface area contributed by atoms with Gasteiger partial charge in [-0.2, -0.15) is 0 Å². The van der Waals surface area contributed by atoms with Crippen molar-refractivity contribution in [1.29, 1.82) is 0 Å². The fourth-order valence-corrected chi connectivity index (χ4v) is 4.37. The van der Waals surface area contributed by atoms with Crippen molar-refractivity contribution >= 4 is 22.8 Å². The second-order valence-electron chi connectivity index (χ2n) is 9.11. The number of fused-ring (bicyclic) bond motifs is 2. The van der Waals surface area contributed by atoms with Crippen LogP contribution in [-0.2, 0) is 0 Å². The van der Waals surface area contributed by atoms with Gasteiger partial charge < -0.3 is 13.9 Å². The van der Waals surface area contributed by atoms with Gasteiger partial charge in [0.1, 0.15) is 11.4 Å².